The molecule has 0 saturated heterocycles. The Balaban J connectivity index is 2.57. The molecule has 0 fully saturated rings. The van der Waals surface area contributed by atoms with Gasteiger partial charge in [-0.2, -0.15) is 0 Å². The number of hydrogen-bond donors (Lipinski definition) is 1. The number of benzene rings is 1. The average Bonchev–Trinajstić information content (AvgIpc) is 2.38. The summed E-state index contributed by atoms with van der Waals surface area (Å²) in [5.41, 5.74) is 1.04. The highest BCUT2D eigenvalue weighted by molar-refractivity contribution is 5.82. The standard InChI is InChI=1S/C16H23NO3/c1-12(2)9-14(16(19)20)10-15(18)17(3)11-13-7-5-4-6-8-13/h4-8,12,14H,9-11H2,1-3H3,(H,19,20)/t14-/m1/s1. The molecule has 1 aromatic rings. The third-order valence-corrected chi connectivity index (χ3v) is 3.21. The molecule has 1 amide bonds. The van der Waals surface area contributed by atoms with Crippen molar-refractivity contribution in [2.75, 3.05) is 7.05 Å². The Hall–Kier alpha value is -1.84. The first-order valence-electron chi connectivity index (χ1n) is 6.90. The second-order valence-electron chi connectivity index (χ2n) is 5.60. The van der Waals surface area contributed by atoms with Crippen molar-refractivity contribution in [1.82, 2.24) is 4.90 Å². The van der Waals surface area contributed by atoms with E-state index in [2.05, 4.69) is 0 Å². The predicted molar refractivity (Wildman–Crippen MR) is 78.1 cm³/mol. The molecular weight excluding hydrogens is 254 g/mol. The lowest BCUT2D eigenvalue weighted by atomic mass is 9.94. The molecule has 0 saturated carbocycles. The van der Waals surface area contributed by atoms with Gasteiger partial charge >= 0.3 is 5.97 Å². The zero-order valence-electron chi connectivity index (χ0n) is 12.4. The highest BCUT2D eigenvalue weighted by atomic mass is 16.4. The molecule has 0 aliphatic heterocycles. The van der Waals surface area contributed by atoms with E-state index in [1.165, 1.54) is 0 Å². The summed E-state index contributed by atoms with van der Waals surface area (Å²) in [6.07, 6.45) is 0.594. The molecule has 0 aliphatic rings. The van der Waals surface area contributed by atoms with E-state index in [0.29, 0.717) is 13.0 Å². The topological polar surface area (TPSA) is 57.6 Å². The summed E-state index contributed by atoms with van der Waals surface area (Å²) < 4.78 is 0. The first-order chi connectivity index (χ1) is 9.40. The number of carbonyl (C=O) groups is 2. The highest BCUT2D eigenvalue weighted by Gasteiger charge is 2.24. The summed E-state index contributed by atoms with van der Waals surface area (Å²) in [6, 6.07) is 9.67. The van der Waals surface area contributed by atoms with Gasteiger partial charge < -0.3 is 10.0 Å². The molecule has 0 aliphatic carbocycles. The van der Waals surface area contributed by atoms with Crippen molar-refractivity contribution in [3.63, 3.8) is 0 Å². The number of carbonyl (C=O) groups excluding carboxylic acids is 1. The van der Waals surface area contributed by atoms with E-state index >= 15 is 0 Å². The van der Waals surface area contributed by atoms with Gasteiger partial charge in [-0.15, -0.1) is 0 Å². The largest absolute Gasteiger partial charge is 0.481 e. The molecular formula is C16H23NO3. The quantitative estimate of drug-likeness (QED) is 0.833. The van der Waals surface area contributed by atoms with Crippen LogP contribution in [0.1, 0.15) is 32.3 Å². The number of nitrogens with zero attached hydrogens (tertiary/aromatic N) is 1. The van der Waals surface area contributed by atoms with Crippen LogP contribution in [-0.2, 0) is 16.1 Å². The highest BCUT2D eigenvalue weighted by Crippen LogP contribution is 2.17. The summed E-state index contributed by atoms with van der Waals surface area (Å²) in [5.74, 6) is -1.34. The summed E-state index contributed by atoms with van der Waals surface area (Å²) >= 11 is 0. The van der Waals surface area contributed by atoms with Crippen LogP contribution in [-0.4, -0.2) is 28.9 Å². The smallest absolute Gasteiger partial charge is 0.307 e. The van der Waals surface area contributed by atoms with Gasteiger partial charge in [0.15, 0.2) is 0 Å². The fraction of sp³-hybridized carbons (Fsp3) is 0.500. The third kappa shape index (κ3) is 5.43. The molecule has 1 N–H and O–H groups in total. The van der Waals surface area contributed by atoms with Crippen LogP contribution in [0.15, 0.2) is 30.3 Å². The van der Waals surface area contributed by atoms with E-state index in [1.807, 2.05) is 44.2 Å². The van der Waals surface area contributed by atoms with Crippen molar-refractivity contribution in [1.29, 1.82) is 0 Å². The van der Waals surface area contributed by atoms with Crippen LogP contribution >= 0.6 is 0 Å². The molecule has 0 heterocycles. The molecule has 4 nitrogen and oxygen atoms in total. The van der Waals surface area contributed by atoms with Gasteiger partial charge in [0.2, 0.25) is 5.91 Å². The van der Waals surface area contributed by atoms with Crippen molar-refractivity contribution in [3.8, 4) is 0 Å². The first kappa shape index (κ1) is 16.2. The second kappa shape index (κ2) is 7.68. The molecule has 1 atom stereocenters. The Morgan fingerprint density at radius 3 is 2.30 bits per heavy atom. The van der Waals surface area contributed by atoms with Crippen LogP contribution < -0.4 is 0 Å². The number of rotatable bonds is 7. The Labute approximate surface area is 120 Å². The number of carboxylic acid groups (broad SMARTS) is 1. The molecule has 110 valence electrons. The van der Waals surface area contributed by atoms with Gasteiger partial charge in [0, 0.05) is 20.0 Å². The summed E-state index contributed by atoms with van der Waals surface area (Å²) in [7, 11) is 1.71. The van der Waals surface area contributed by atoms with Gasteiger partial charge in [-0.1, -0.05) is 44.2 Å². The van der Waals surface area contributed by atoms with Crippen LogP contribution in [0.25, 0.3) is 0 Å². The fourth-order valence-corrected chi connectivity index (χ4v) is 2.15. The van der Waals surface area contributed by atoms with E-state index in [1.54, 1.807) is 11.9 Å². The molecule has 0 unspecified atom stereocenters. The summed E-state index contributed by atoms with van der Waals surface area (Å²) in [6.45, 7) is 4.44. The normalized spacial score (nSPS) is 12.2. The van der Waals surface area contributed by atoms with Gasteiger partial charge in [0.05, 0.1) is 5.92 Å². The minimum atomic E-state index is -0.889. The average molecular weight is 277 g/mol. The monoisotopic (exact) mass is 277 g/mol. The SMILES string of the molecule is CC(C)C[C@H](CC(=O)N(C)Cc1ccccc1)C(=O)O. The first-order valence-corrected chi connectivity index (χ1v) is 6.90. The van der Waals surface area contributed by atoms with Gasteiger partial charge in [-0.3, -0.25) is 9.59 Å². The van der Waals surface area contributed by atoms with Crippen molar-refractivity contribution < 1.29 is 14.7 Å². The molecule has 4 heteroatoms. The van der Waals surface area contributed by atoms with Crippen molar-refractivity contribution in [3.05, 3.63) is 35.9 Å². The maximum absolute atomic E-state index is 12.1. The third-order valence-electron chi connectivity index (χ3n) is 3.21. The second-order valence-corrected chi connectivity index (χ2v) is 5.60. The fourth-order valence-electron chi connectivity index (χ4n) is 2.15. The lowest BCUT2D eigenvalue weighted by Gasteiger charge is -2.20. The Morgan fingerprint density at radius 2 is 1.80 bits per heavy atom. The molecule has 0 radical (unpaired) electrons. The van der Waals surface area contributed by atoms with Crippen molar-refractivity contribution >= 4 is 11.9 Å². The van der Waals surface area contributed by atoms with E-state index in [4.69, 9.17) is 0 Å². The number of amides is 1. The Bertz CT molecular complexity index is 442. The van der Waals surface area contributed by atoms with E-state index in [9.17, 15) is 14.7 Å². The molecule has 0 spiro atoms. The molecule has 20 heavy (non-hydrogen) atoms. The minimum Gasteiger partial charge on any atom is -0.481 e. The Kier molecular flexibility index (Phi) is 6.22. The molecule has 0 bridgehead atoms. The summed E-state index contributed by atoms with van der Waals surface area (Å²) in [5, 5.41) is 9.17. The number of aliphatic carboxylic acids is 1. The predicted octanol–water partition coefficient (Wildman–Crippen LogP) is 2.78. The lowest BCUT2D eigenvalue weighted by molar-refractivity contribution is -0.146. The van der Waals surface area contributed by atoms with Crippen LogP contribution in [0.5, 0.6) is 0 Å². The minimum absolute atomic E-state index is 0.0663. The zero-order chi connectivity index (χ0) is 15.1. The van der Waals surface area contributed by atoms with Crippen molar-refractivity contribution in [2.24, 2.45) is 11.8 Å². The number of carboxylic acids is 1. The zero-order valence-corrected chi connectivity index (χ0v) is 12.4. The van der Waals surface area contributed by atoms with Gasteiger partial charge in [-0.25, -0.2) is 0 Å². The van der Waals surface area contributed by atoms with Crippen LogP contribution in [0.2, 0.25) is 0 Å². The van der Waals surface area contributed by atoms with E-state index < -0.39 is 11.9 Å². The van der Waals surface area contributed by atoms with Gasteiger partial charge in [-0.05, 0) is 17.9 Å². The van der Waals surface area contributed by atoms with Crippen LogP contribution in [0.3, 0.4) is 0 Å². The van der Waals surface area contributed by atoms with E-state index in [0.717, 1.165) is 5.56 Å². The van der Waals surface area contributed by atoms with Crippen LogP contribution in [0, 0.1) is 11.8 Å². The molecule has 0 aromatic heterocycles. The maximum atomic E-state index is 12.1. The van der Waals surface area contributed by atoms with E-state index in [-0.39, 0.29) is 18.2 Å². The van der Waals surface area contributed by atoms with Crippen LogP contribution in [0.4, 0.5) is 0 Å². The number of hydrogen-bond acceptors (Lipinski definition) is 2. The van der Waals surface area contributed by atoms with Gasteiger partial charge in [0.1, 0.15) is 0 Å². The molecule has 1 aromatic carbocycles. The Morgan fingerprint density at radius 1 is 1.20 bits per heavy atom. The van der Waals surface area contributed by atoms with Crippen molar-refractivity contribution in [2.45, 2.75) is 33.2 Å². The maximum Gasteiger partial charge on any atom is 0.307 e. The summed E-state index contributed by atoms with van der Waals surface area (Å²) in [4.78, 5) is 24.9. The molecule has 1 rings (SSSR count). The lowest BCUT2D eigenvalue weighted by Crippen LogP contribution is -2.30. The van der Waals surface area contributed by atoms with Gasteiger partial charge in [0.25, 0.3) is 0 Å².